The fourth-order valence-corrected chi connectivity index (χ4v) is 2.90. The average Bonchev–Trinajstić information content (AvgIpc) is 2.60. The summed E-state index contributed by atoms with van der Waals surface area (Å²) in [7, 11) is 0. The number of fused-ring (bicyclic) bond motifs is 1. The van der Waals surface area contributed by atoms with E-state index in [-0.39, 0.29) is 5.84 Å². The molecule has 0 spiro atoms. The van der Waals surface area contributed by atoms with Gasteiger partial charge in [0.25, 0.3) is 0 Å². The van der Waals surface area contributed by atoms with Crippen LogP contribution in [0.2, 0.25) is 0 Å². The molecule has 0 radical (unpaired) electrons. The second kappa shape index (κ2) is 7.27. The number of hydrogen-bond donors (Lipinski definition) is 1. The highest BCUT2D eigenvalue weighted by Gasteiger charge is 2.11. The summed E-state index contributed by atoms with van der Waals surface area (Å²) in [6, 6.07) is 21.0. The van der Waals surface area contributed by atoms with Gasteiger partial charge in [0.1, 0.15) is 5.84 Å². The van der Waals surface area contributed by atoms with E-state index in [1.165, 1.54) is 0 Å². The van der Waals surface area contributed by atoms with Crippen LogP contribution in [0.25, 0.3) is 10.8 Å². The SMILES string of the molecule is N/C(Cc1cccc2ccccc12)=N/OC(=O)c1ccccc1Br. The molecule has 3 rings (SSSR count). The second-order valence-electron chi connectivity index (χ2n) is 5.26. The Morgan fingerprint density at radius 2 is 1.71 bits per heavy atom. The Labute approximate surface area is 148 Å². The van der Waals surface area contributed by atoms with Crippen molar-refractivity contribution in [2.24, 2.45) is 10.9 Å². The van der Waals surface area contributed by atoms with Crippen molar-refractivity contribution in [2.75, 3.05) is 0 Å². The van der Waals surface area contributed by atoms with Crippen LogP contribution >= 0.6 is 15.9 Å². The molecular weight excluding hydrogens is 368 g/mol. The van der Waals surface area contributed by atoms with Crippen LogP contribution in [0.4, 0.5) is 0 Å². The molecule has 0 saturated heterocycles. The monoisotopic (exact) mass is 382 g/mol. The lowest BCUT2D eigenvalue weighted by Crippen LogP contribution is -2.17. The molecule has 0 aromatic heterocycles. The van der Waals surface area contributed by atoms with Gasteiger partial charge in [-0.05, 0) is 44.4 Å². The van der Waals surface area contributed by atoms with Gasteiger partial charge in [-0.3, -0.25) is 0 Å². The highest BCUT2D eigenvalue weighted by Crippen LogP contribution is 2.19. The highest BCUT2D eigenvalue weighted by atomic mass is 79.9. The van der Waals surface area contributed by atoms with Gasteiger partial charge >= 0.3 is 5.97 Å². The van der Waals surface area contributed by atoms with Crippen LogP contribution in [0.3, 0.4) is 0 Å². The van der Waals surface area contributed by atoms with Crippen molar-refractivity contribution in [3.63, 3.8) is 0 Å². The van der Waals surface area contributed by atoms with Gasteiger partial charge in [-0.2, -0.15) is 0 Å². The molecule has 0 bridgehead atoms. The third-order valence-electron chi connectivity index (χ3n) is 3.59. The van der Waals surface area contributed by atoms with Gasteiger partial charge in [0, 0.05) is 10.9 Å². The highest BCUT2D eigenvalue weighted by molar-refractivity contribution is 9.10. The molecule has 24 heavy (non-hydrogen) atoms. The molecule has 3 aromatic rings. The fraction of sp³-hybridized carbons (Fsp3) is 0.0526. The number of halogens is 1. The smallest absolute Gasteiger partial charge is 0.366 e. The molecule has 0 fully saturated rings. The van der Waals surface area contributed by atoms with E-state index in [0.29, 0.717) is 16.5 Å². The topological polar surface area (TPSA) is 64.7 Å². The standard InChI is InChI=1S/C19H15BrN2O2/c20-17-11-4-3-10-16(17)19(23)24-22-18(21)12-14-8-5-7-13-6-1-2-9-15(13)14/h1-11H,12H2,(H2,21,22). The Morgan fingerprint density at radius 3 is 2.54 bits per heavy atom. The maximum Gasteiger partial charge on any atom is 0.366 e. The van der Waals surface area contributed by atoms with Crippen molar-refractivity contribution < 1.29 is 9.63 Å². The Bertz CT molecular complexity index is 917. The minimum absolute atomic E-state index is 0.242. The Balaban J connectivity index is 1.75. The van der Waals surface area contributed by atoms with Crippen LogP contribution in [-0.2, 0) is 11.3 Å². The normalized spacial score (nSPS) is 11.5. The summed E-state index contributed by atoms with van der Waals surface area (Å²) in [6.45, 7) is 0. The van der Waals surface area contributed by atoms with E-state index in [2.05, 4.69) is 21.1 Å². The summed E-state index contributed by atoms with van der Waals surface area (Å²) in [5, 5.41) is 6.01. The summed E-state index contributed by atoms with van der Waals surface area (Å²) in [4.78, 5) is 17.0. The van der Waals surface area contributed by atoms with E-state index >= 15 is 0 Å². The van der Waals surface area contributed by atoms with Crippen molar-refractivity contribution in [1.29, 1.82) is 0 Å². The lowest BCUT2D eigenvalue weighted by molar-refractivity contribution is 0.0514. The molecule has 0 aliphatic rings. The molecule has 0 saturated carbocycles. The molecule has 0 aliphatic carbocycles. The first kappa shape index (κ1) is 16.2. The van der Waals surface area contributed by atoms with E-state index in [1.54, 1.807) is 18.2 Å². The minimum atomic E-state index is -0.552. The summed E-state index contributed by atoms with van der Waals surface area (Å²) in [6.07, 6.45) is 0.407. The molecule has 0 aliphatic heterocycles. The number of amidine groups is 1. The quantitative estimate of drug-likeness (QED) is 0.317. The first-order chi connectivity index (χ1) is 11.6. The molecular formula is C19H15BrN2O2. The van der Waals surface area contributed by atoms with Gasteiger partial charge in [0.15, 0.2) is 0 Å². The Morgan fingerprint density at radius 1 is 1.00 bits per heavy atom. The third-order valence-corrected chi connectivity index (χ3v) is 4.28. The zero-order chi connectivity index (χ0) is 16.9. The van der Waals surface area contributed by atoms with E-state index in [1.807, 2.05) is 48.5 Å². The van der Waals surface area contributed by atoms with Gasteiger partial charge in [-0.1, -0.05) is 59.8 Å². The summed E-state index contributed by atoms with van der Waals surface area (Å²) < 4.78 is 0.651. The van der Waals surface area contributed by atoms with Gasteiger partial charge in [0.2, 0.25) is 0 Å². The van der Waals surface area contributed by atoms with Crippen molar-refractivity contribution in [1.82, 2.24) is 0 Å². The van der Waals surface area contributed by atoms with Crippen LogP contribution in [0.15, 0.2) is 76.4 Å². The van der Waals surface area contributed by atoms with E-state index < -0.39 is 5.97 Å². The zero-order valence-electron chi connectivity index (χ0n) is 12.8. The summed E-state index contributed by atoms with van der Waals surface area (Å²) >= 11 is 3.30. The van der Waals surface area contributed by atoms with Crippen LogP contribution in [-0.4, -0.2) is 11.8 Å². The molecule has 0 amide bonds. The van der Waals surface area contributed by atoms with E-state index in [0.717, 1.165) is 16.3 Å². The van der Waals surface area contributed by atoms with E-state index in [4.69, 9.17) is 10.6 Å². The van der Waals surface area contributed by atoms with Gasteiger partial charge in [-0.25, -0.2) is 4.79 Å². The molecule has 0 unspecified atom stereocenters. The molecule has 2 N–H and O–H groups in total. The van der Waals surface area contributed by atoms with Gasteiger partial charge in [-0.15, -0.1) is 0 Å². The van der Waals surface area contributed by atoms with E-state index in [9.17, 15) is 4.79 Å². The number of benzene rings is 3. The van der Waals surface area contributed by atoms with Crippen molar-refractivity contribution >= 4 is 38.5 Å². The molecule has 120 valence electrons. The lowest BCUT2D eigenvalue weighted by Gasteiger charge is -2.06. The average molecular weight is 383 g/mol. The third kappa shape index (κ3) is 3.63. The molecule has 4 nitrogen and oxygen atoms in total. The lowest BCUT2D eigenvalue weighted by atomic mass is 10.0. The zero-order valence-corrected chi connectivity index (χ0v) is 14.4. The van der Waals surface area contributed by atoms with Gasteiger partial charge in [0.05, 0.1) is 5.56 Å². The van der Waals surface area contributed by atoms with Crippen LogP contribution in [0, 0.1) is 0 Å². The largest absolute Gasteiger partial charge is 0.384 e. The second-order valence-corrected chi connectivity index (χ2v) is 6.11. The maximum atomic E-state index is 12.0. The molecule has 0 atom stereocenters. The van der Waals surface area contributed by atoms with Crippen LogP contribution in [0.5, 0.6) is 0 Å². The van der Waals surface area contributed by atoms with Crippen molar-refractivity contribution in [3.8, 4) is 0 Å². The van der Waals surface area contributed by atoms with Crippen molar-refractivity contribution in [2.45, 2.75) is 6.42 Å². The Hall–Kier alpha value is -2.66. The van der Waals surface area contributed by atoms with Crippen LogP contribution in [0.1, 0.15) is 15.9 Å². The molecule has 3 aromatic carbocycles. The number of nitrogens with two attached hydrogens (primary N) is 1. The first-order valence-corrected chi connectivity index (χ1v) is 8.19. The number of rotatable bonds is 4. The minimum Gasteiger partial charge on any atom is -0.384 e. The van der Waals surface area contributed by atoms with Crippen LogP contribution < -0.4 is 5.73 Å². The fourth-order valence-electron chi connectivity index (χ4n) is 2.45. The summed E-state index contributed by atoms with van der Waals surface area (Å²) in [5.41, 5.74) is 7.36. The Kier molecular flexibility index (Phi) is 4.91. The molecule has 5 heteroatoms. The number of hydrogen-bond acceptors (Lipinski definition) is 3. The predicted molar refractivity (Wildman–Crippen MR) is 98.8 cm³/mol. The summed E-state index contributed by atoms with van der Waals surface area (Å²) in [5.74, 6) is -0.310. The predicted octanol–water partition coefficient (Wildman–Crippen LogP) is 4.27. The van der Waals surface area contributed by atoms with Crippen molar-refractivity contribution in [3.05, 3.63) is 82.3 Å². The molecule has 0 heterocycles. The number of carbonyl (C=O) groups is 1. The number of carbonyl (C=O) groups excluding carboxylic acids is 1. The maximum absolute atomic E-state index is 12.0. The number of nitrogens with zero attached hydrogens (tertiary/aromatic N) is 1. The van der Waals surface area contributed by atoms with Gasteiger partial charge < -0.3 is 10.6 Å². The first-order valence-electron chi connectivity index (χ1n) is 7.40. The number of oxime groups is 1.